The highest BCUT2D eigenvalue weighted by Crippen LogP contribution is 2.19. The van der Waals surface area contributed by atoms with Gasteiger partial charge in [-0.2, -0.15) is 0 Å². The largest absolute Gasteiger partial charge is 0.462 e. The van der Waals surface area contributed by atoms with Crippen molar-refractivity contribution in [3.63, 3.8) is 0 Å². The molecule has 0 aliphatic carbocycles. The Bertz CT molecular complexity index is 1010. The fraction of sp³-hybridized carbons (Fsp3) is 0.950. The molecule has 0 aromatic rings. The van der Waals surface area contributed by atoms with Crippen LogP contribution in [0.25, 0.3) is 0 Å². The normalized spacial score (nSPS) is 12.5. The van der Waals surface area contributed by atoms with Crippen LogP contribution >= 0.6 is 0 Å². The average Bonchev–Trinajstić information content (AvgIpc) is 3.30. The summed E-state index contributed by atoms with van der Waals surface area (Å²) in [5.74, 6) is 0.832. The minimum absolute atomic E-state index is 0.0633. The third kappa shape index (κ3) is 51.8. The molecule has 392 valence electrons. The second kappa shape index (κ2) is 52.8. The average molecular weight is 934 g/mol. The first-order valence-corrected chi connectivity index (χ1v) is 29.8. The van der Waals surface area contributed by atoms with Crippen LogP contribution in [-0.4, -0.2) is 37.2 Å². The molecule has 0 rings (SSSR count). The zero-order valence-corrected chi connectivity index (χ0v) is 45.3. The summed E-state index contributed by atoms with van der Waals surface area (Å²) in [5, 5.41) is 0. The standard InChI is InChI=1S/C60H116O6/c1-6-8-9-10-11-12-13-14-15-18-23-26-29-32-35-42-47-52-60(63)66-57(54-65-59(62)51-46-41-37-36-39-44-49-56(5)7-2)53-64-58(61)50-45-40-34-31-28-25-22-20-17-16-19-21-24-27-30-33-38-43-48-55(3)4/h55-57H,6-54H2,1-5H3/t56?,57-/m1/s1. The van der Waals surface area contributed by atoms with Crippen molar-refractivity contribution in [2.45, 2.75) is 343 Å². The van der Waals surface area contributed by atoms with E-state index in [1.807, 2.05) is 0 Å². The van der Waals surface area contributed by atoms with E-state index in [1.165, 1.54) is 225 Å². The molecule has 0 heterocycles. The quantitative estimate of drug-likeness (QED) is 0.0343. The fourth-order valence-electron chi connectivity index (χ4n) is 9.20. The van der Waals surface area contributed by atoms with E-state index < -0.39 is 6.10 Å². The molecule has 0 aliphatic heterocycles. The fourth-order valence-corrected chi connectivity index (χ4v) is 9.20. The summed E-state index contributed by atoms with van der Waals surface area (Å²) in [6.07, 6.45) is 56.8. The lowest BCUT2D eigenvalue weighted by atomic mass is 10.00. The number of hydrogen-bond donors (Lipinski definition) is 0. The van der Waals surface area contributed by atoms with Gasteiger partial charge in [0.15, 0.2) is 6.10 Å². The summed E-state index contributed by atoms with van der Waals surface area (Å²) in [5.41, 5.74) is 0. The smallest absolute Gasteiger partial charge is 0.306 e. The maximum Gasteiger partial charge on any atom is 0.306 e. The van der Waals surface area contributed by atoms with Crippen LogP contribution in [0.1, 0.15) is 336 Å². The number of carbonyl (C=O) groups is 3. The molecule has 0 radical (unpaired) electrons. The molecule has 6 heteroatoms. The molecule has 1 unspecified atom stereocenters. The molecule has 0 aliphatic rings. The highest BCUT2D eigenvalue weighted by Gasteiger charge is 2.19. The zero-order chi connectivity index (χ0) is 48.2. The maximum atomic E-state index is 12.8. The Hall–Kier alpha value is -1.59. The van der Waals surface area contributed by atoms with Crippen LogP contribution in [0.2, 0.25) is 0 Å². The maximum absolute atomic E-state index is 12.8. The van der Waals surface area contributed by atoms with Crippen molar-refractivity contribution in [2.24, 2.45) is 11.8 Å². The molecule has 66 heavy (non-hydrogen) atoms. The molecule has 0 aromatic heterocycles. The van der Waals surface area contributed by atoms with Crippen molar-refractivity contribution in [1.82, 2.24) is 0 Å². The van der Waals surface area contributed by atoms with Crippen molar-refractivity contribution in [2.75, 3.05) is 13.2 Å². The third-order valence-electron chi connectivity index (χ3n) is 14.1. The molecule has 0 saturated heterocycles. The lowest BCUT2D eigenvalue weighted by Gasteiger charge is -2.18. The highest BCUT2D eigenvalue weighted by molar-refractivity contribution is 5.71. The molecule has 0 fully saturated rings. The molecule has 0 bridgehead atoms. The number of unbranched alkanes of at least 4 members (excludes halogenated alkanes) is 38. The highest BCUT2D eigenvalue weighted by atomic mass is 16.6. The van der Waals surface area contributed by atoms with Crippen molar-refractivity contribution in [1.29, 1.82) is 0 Å². The molecule has 2 atom stereocenters. The Kier molecular flexibility index (Phi) is 51.5. The minimum Gasteiger partial charge on any atom is -0.462 e. The van der Waals surface area contributed by atoms with Crippen LogP contribution in [0.3, 0.4) is 0 Å². The predicted molar refractivity (Wildman–Crippen MR) is 284 cm³/mol. The van der Waals surface area contributed by atoms with Gasteiger partial charge < -0.3 is 14.2 Å². The second-order valence-corrected chi connectivity index (χ2v) is 21.4. The Morgan fingerprint density at radius 1 is 0.318 bits per heavy atom. The van der Waals surface area contributed by atoms with Gasteiger partial charge in [0, 0.05) is 19.3 Å². The first-order valence-electron chi connectivity index (χ1n) is 29.8. The van der Waals surface area contributed by atoms with Crippen molar-refractivity contribution in [3.05, 3.63) is 0 Å². The Morgan fingerprint density at radius 3 is 0.864 bits per heavy atom. The molecular formula is C60H116O6. The Morgan fingerprint density at radius 2 is 0.576 bits per heavy atom. The van der Waals surface area contributed by atoms with E-state index in [0.717, 1.165) is 69.6 Å². The van der Waals surface area contributed by atoms with Crippen molar-refractivity contribution in [3.8, 4) is 0 Å². The molecule has 0 aromatic carbocycles. The summed E-state index contributed by atoms with van der Waals surface area (Å²) in [7, 11) is 0. The van der Waals surface area contributed by atoms with E-state index in [-0.39, 0.29) is 31.1 Å². The summed E-state index contributed by atoms with van der Waals surface area (Å²) in [4.78, 5) is 38.1. The van der Waals surface area contributed by atoms with Gasteiger partial charge in [-0.05, 0) is 31.1 Å². The van der Waals surface area contributed by atoms with Crippen LogP contribution in [0.5, 0.6) is 0 Å². The van der Waals surface area contributed by atoms with E-state index in [9.17, 15) is 14.4 Å². The van der Waals surface area contributed by atoms with Gasteiger partial charge in [-0.3, -0.25) is 14.4 Å². The minimum atomic E-state index is -0.763. The van der Waals surface area contributed by atoms with Crippen LogP contribution in [0, 0.1) is 11.8 Å². The number of carbonyl (C=O) groups excluding carboxylic acids is 3. The van der Waals surface area contributed by atoms with E-state index in [4.69, 9.17) is 14.2 Å². The van der Waals surface area contributed by atoms with Gasteiger partial charge in [0.1, 0.15) is 13.2 Å². The van der Waals surface area contributed by atoms with Gasteiger partial charge in [0.2, 0.25) is 0 Å². The van der Waals surface area contributed by atoms with Crippen LogP contribution in [-0.2, 0) is 28.6 Å². The first kappa shape index (κ1) is 64.4. The Balaban J connectivity index is 4.21. The van der Waals surface area contributed by atoms with Gasteiger partial charge in [0.25, 0.3) is 0 Å². The van der Waals surface area contributed by atoms with E-state index in [1.54, 1.807) is 0 Å². The second-order valence-electron chi connectivity index (χ2n) is 21.4. The number of rotatable bonds is 54. The molecule has 0 amide bonds. The number of esters is 3. The number of ether oxygens (including phenoxy) is 3. The van der Waals surface area contributed by atoms with E-state index in [0.29, 0.717) is 19.3 Å². The third-order valence-corrected chi connectivity index (χ3v) is 14.1. The molecule has 6 nitrogen and oxygen atoms in total. The summed E-state index contributed by atoms with van der Waals surface area (Å²) >= 11 is 0. The van der Waals surface area contributed by atoms with Gasteiger partial charge in [0.05, 0.1) is 0 Å². The summed E-state index contributed by atoms with van der Waals surface area (Å²) in [6, 6.07) is 0. The monoisotopic (exact) mass is 933 g/mol. The van der Waals surface area contributed by atoms with Gasteiger partial charge in [-0.25, -0.2) is 0 Å². The van der Waals surface area contributed by atoms with Crippen LogP contribution < -0.4 is 0 Å². The van der Waals surface area contributed by atoms with E-state index in [2.05, 4.69) is 34.6 Å². The SMILES string of the molecule is CCCCCCCCCCCCCCCCCCCC(=O)O[C@H](COC(=O)CCCCCCCCCCCCCCCCCCCCC(C)C)COC(=O)CCCCCCCCC(C)CC. The lowest BCUT2D eigenvalue weighted by molar-refractivity contribution is -0.167. The van der Waals surface area contributed by atoms with Crippen LogP contribution in [0.15, 0.2) is 0 Å². The Labute approximate surface area is 412 Å². The summed E-state index contributed by atoms with van der Waals surface area (Å²) < 4.78 is 16.9. The molecule has 0 saturated carbocycles. The molecule has 0 N–H and O–H groups in total. The van der Waals surface area contributed by atoms with E-state index >= 15 is 0 Å². The van der Waals surface area contributed by atoms with Crippen molar-refractivity contribution >= 4 is 17.9 Å². The van der Waals surface area contributed by atoms with Crippen LogP contribution in [0.4, 0.5) is 0 Å². The van der Waals surface area contributed by atoms with Crippen molar-refractivity contribution < 1.29 is 28.6 Å². The summed E-state index contributed by atoms with van der Waals surface area (Å²) in [6.45, 7) is 11.4. The number of hydrogen-bond acceptors (Lipinski definition) is 6. The van der Waals surface area contributed by atoms with Gasteiger partial charge in [-0.15, -0.1) is 0 Å². The van der Waals surface area contributed by atoms with Gasteiger partial charge >= 0.3 is 17.9 Å². The topological polar surface area (TPSA) is 78.9 Å². The van der Waals surface area contributed by atoms with Gasteiger partial charge in [-0.1, -0.05) is 298 Å². The zero-order valence-electron chi connectivity index (χ0n) is 45.3. The lowest BCUT2D eigenvalue weighted by Crippen LogP contribution is -2.30. The predicted octanol–water partition coefficient (Wildman–Crippen LogP) is 19.7. The first-order chi connectivity index (χ1) is 32.3. The molecule has 0 spiro atoms. The molecular weight excluding hydrogens is 817 g/mol.